The van der Waals surface area contributed by atoms with Crippen LogP contribution < -0.4 is 14.5 Å². The van der Waals surface area contributed by atoms with Crippen molar-refractivity contribution in [2.75, 3.05) is 17.5 Å². The molecule has 0 atom stereocenters. The topological polar surface area (TPSA) is 131 Å². The summed E-state index contributed by atoms with van der Waals surface area (Å²) in [5.41, 5.74) is 2.93. The molecule has 0 saturated heterocycles. The van der Waals surface area contributed by atoms with Crippen LogP contribution in [0.2, 0.25) is 0 Å². The first-order valence-corrected chi connectivity index (χ1v) is 12.6. The van der Waals surface area contributed by atoms with Crippen molar-refractivity contribution in [2.24, 2.45) is 5.10 Å². The zero-order chi connectivity index (χ0) is 26.0. The molecule has 0 aliphatic carbocycles. The van der Waals surface area contributed by atoms with E-state index >= 15 is 0 Å². The molecular formula is C25H26N4O6S. The molecule has 0 aliphatic rings. The number of hydrogen-bond acceptors (Lipinski definition) is 7. The van der Waals surface area contributed by atoms with Crippen molar-refractivity contribution in [1.82, 2.24) is 5.43 Å². The smallest absolute Gasteiger partial charge is 0.269 e. The Morgan fingerprint density at radius 2 is 1.72 bits per heavy atom. The number of rotatable bonds is 12. The summed E-state index contributed by atoms with van der Waals surface area (Å²) in [6.07, 6.45) is 3.43. The summed E-state index contributed by atoms with van der Waals surface area (Å²) in [5, 5.41) is 14.9. The number of nitro benzene ring substituents is 1. The molecule has 0 aromatic heterocycles. The zero-order valence-electron chi connectivity index (χ0n) is 19.6. The molecule has 0 bridgehead atoms. The van der Waals surface area contributed by atoms with Crippen molar-refractivity contribution in [2.45, 2.75) is 24.7 Å². The fourth-order valence-corrected chi connectivity index (χ4v) is 4.55. The van der Waals surface area contributed by atoms with Gasteiger partial charge in [0, 0.05) is 12.1 Å². The molecule has 0 unspecified atom stereocenters. The lowest BCUT2D eigenvalue weighted by molar-refractivity contribution is -0.384. The Morgan fingerprint density at radius 3 is 2.33 bits per heavy atom. The van der Waals surface area contributed by atoms with Crippen LogP contribution in [0.15, 0.2) is 88.9 Å². The highest BCUT2D eigenvalue weighted by molar-refractivity contribution is 7.92. The number of nitrogens with zero attached hydrogens (tertiary/aromatic N) is 3. The lowest BCUT2D eigenvalue weighted by Crippen LogP contribution is -2.39. The number of ether oxygens (including phenoxy) is 1. The van der Waals surface area contributed by atoms with E-state index in [1.807, 2.05) is 0 Å². The van der Waals surface area contributed by atoms with E-state index < -0.39 is 27.4 Å². The second-order valence-corrected chi connectivity index (χ2v) is 9.52. The van der Waals surface area contributed by atoms with E-state index in [0.717, 1.165) is 22.9 Å². The molecule has 10 nitrogen and oxygen atoms in total. The number of carbonyl (C=O) groups excluding carboxylic acids is 1. The maximum Gasteiger partial charge on any atom is 0.269 e. The number of hydrazone groups is 1. The van der Waals surface area contributed by atoms with Crippen LogP contribution in [0, 0.1) is 10.1 Å². The molecule has 36 heavy (non-hydrogen) atoms. The molecule has 0 spiro atoms. The fourth-order valence-electron chi connectivity index (χ4n) is 3.10. The van der Waals surface area contributed by atoms with Gasteiger partial charge in [0.2, 0.25) is 0 Å². The molecule has 0 fully saturated rings. The van der Waals surface area contributed by atoms with Gasteiger partial charge in [-0.3, -0.25) is 19.2 Å². The fraction of sp³-hybridized carbons (Fsp3) is 0.200. The molecule has 188 valence electrons. The first kappa shape index (κ1) is 26.4. The number of sulfonamides is 1. The van der Waals surface area contributed by atoms with Crippen LogP contribution in [-0.4, -0.2) is 38.6 Å². The van der Waals surface area contributed by atoms with Gasteiger partial charge >= 0.3 is 0 Å². The molecule has 0 radical (unpaired) electrons. The third-order valence-corrected chi connectivity index (χ3v) is 6.80. The van der Waals surface area contributed by atoms with Gasteiger partial charge in [-0.25, -0.2) is 13.8 Å². The van der Waals surface area contributed by atoms with Gasteiger partial charge in [-0.2, -0.15) is 5.10 Å². The molecule has 0 saturated carbocycles. The average Bonchev–Trinajstić information content (AvgIpc) is 2.89. The third-order valence-electron chi connectivity index (χ3n) is 5.02. The number of amides is 1. The number of anilines is 1. The number of nitro groups is 1. The van der Waals surface area contributed by atoms with E-state index in [2.05, 4.69) is 17.5 Å². The Kier molecular flexibility index (Phi) is 9.12. The van der Waals surface area contributed by atoms with E-state index in [1.54, 1.807) is 42.5 Å². The number of hydrogen-bond donors (Lipinski definition) is 1. The van der Waals surface area contributed by atoms with E-state index in [-0.39, 0.29) is 16.3 Å². The molecule has 3 aromatic carbocycles. The Morgan fingerprint density at radius 1 is 1.06 bits per heavy atom. The second-order valence-electron chi connectivity index (χ2n) is 7.66. The monoisotopic (exact) mass is 510 g/mol. The first-order valence-electron chi connectivity index (χ1n) is 11.2. The Balaban J connectivity index is 1.73. The summed E-state index contributed by atoms with van der Waals surface area (Å²) >= 11 is 0. The van der Waals surface area contributed by atoms with Crippen LogP contribution in [0.5, 0.6) is 5.75 Å². The summed E-state index contributed by atoms with van der Waals surface area (Å²) in [4.78, 5) is 23.0. The largest absolute Gasteiger partial charge is 0.494 e. The van der Waals surface area contributed by atoms with Crippen molar-refractivity contribution in [3.63, 3.8) is 0 Å². The molecule has 3 aromatic rings. The maximum absolute atomic E-state index is 13.3. The van der Waals surface area contributed by atoms with Crippen LogP contribution in [0.3, 0.4) is 0 Å². The summed E-state index contributed by atoms with van der Waals surface area (Å²) in [6.45, 7) is 2.13. The molecule has 1 amide bonds. The quantitative estimate of drug-likeness (QED) is 0.169. The van der Waals surface area contributed by atoms with E-state index in [1.165, 1.54) is 42.6 Å². The first-order chi connectivity index (χ1) is 17.3. The van der Waals surface area contributed by atoms with Crippen molar-refractivity contribution < 1.29 is 22.9 Å². The predicted octanol–water partition coefficient (Wildman–Crippen LogP) is 4.12. The standard InChI is InChI=1S/C25H26N4O6S/c1-2-3-17-35-23-15-9-20(10-16-23)18-26-27-25(30)19-28(21-11-13-22(14-12-21)29(31)32)36(33,34)24-7-5-4-6-8-24/h4-16,18H,2-3,17,19H2,1H3,(H,27,30)/b26-18-. The maximum atomic E-state index is 13.3. The van der Waals surface area contributed by atoms with Gasteiger partial charge in [-0.15, -0.1) is 0 Å². The summed E-state index contributed by atoms with van der Waals surface area (Å²) in [7, 11) is -4.14. The zero-order valence-corrected chi connectivity index (χ0v) is 20.4. The van der Waals surface area contributed by atoms with Gasteiger partial charge in [-0.1, -0.05) is 31.5 Å². The second kappa shape index (κ2) is 12.5. The van der Waals surface area contributed by atoms with Gasteiger partial charge in [-0.05, 0) is 60.5 Å². The summed E-state index contributed by atoms with van der Waals surface area (Å²) in [6, 6.07) is 19.6. The number of unbranched alkanes of at least 4 members (excludes halogenated alkanes) is 1. The molecule has 11 heteroatoms. The third kappa shape index (κ3) is 7.12. The Hall–Kier alpha value is -4.25. The number of non-ortho nitro benzene ring substituents is 1. The van der Waals surface area contributed by atoms with Crippen molar-refractivity contribution in [3.8, 4) is 5.75 Å². The van der Waals surface area contributed by atoms with Crippen LogP contribution >= 0.6 is 0 Å². The molecular weight excluding hydrogens is 484 g/mol. The number of nitrogens with one attached hydrogen (secondary N) is 1. The van der Waals surface area contributed by atoms with E-state index in [4.69, 9.17) is 4.74 Å². The van der Waals surface area contributed by atoms with Crippen LogP contribution in [0.1, 0.15) is 25.3 Å². The van der Waals surface area contributed by atoms with E-state index in [0.29, 0.717) is 12.2 Å². The highest BCUT2D eigenvalue weighted by Crippen LogP contribution is 2.25. The summed E-state index contributed by atoms with van der Waals surface area (Å²) in [5.74, 6) is 0.0399. The van der Waals surface area contributed by atoms with Crippen molar-refractivity contribution in [1.29, 1.82) is 0 Å². The minimum Gasteiger partial charge on any atom is -0.494 e. The lowest BCUT2D eigenvalue weighted by Gasteiger charge is -2.23. The van der Waals surface area contributed by atoms with Crippen molar-refractivity contribution >= 4 is 33.5 Å². The van der Waals surface area contributed by atoms with Crippen LogP contribution in [-0.2, 0) is 14.8 Å². The lowest BCUT2D eigenvalue weighted by atomic mass is 10.2. The van der Waals surface area contributed by atoms with Gasteiger partial charge in [0.1, 0.15) is 12.3 Å². The molecule has 3 rings (SSSR count). The molecule has 1 N–H and O–H groups in total. The van der Waals surface area contributed by atoms with Gasteiger partial charge in [0.25, 0.3) is 21.6 Å². The highest BCUT2D eigenvalue weighted by Gasteiger charge is 2.27. The Labute approximate surface area is 209 Å². The van der Waals surface area contributed by atoms with Gasteiger partial charge in [0.05, 0.1) is 28.3 Å². The number of benzene rings is 3. The van der Waals surface area contributed by atoms with Crippen molar-refractivity contribution in [3.05, 3.63) is 94.5 Å². The van der Waals surface area contributed by atoms with E-state index in [9.17, 15) is 23.3 Å². The molecule has 0 heterocycles. The Bertz CT molecular complexity index is 1290. The summed E-state index contributed by atoms with van der Waals surface area (Å²) < 4.78 is 33.0. The van der Waals surface area contributed by atoms with Gasteiger partial charge < -0.3 is 4.74 Å². The van der Waals surface area contributed by atoms with Crippen LogP contribution in [0.4, 0.5) is 11.4 Å². The molecule has 0 aliphatic heterocycles. The average molecular weight is 511 g/mol. The minimum absolute atomic E-state index is 0.0269. The normalized spacial score (nSPS) is 11.2. The van der Waals surface area contributed by atoms with Crippen LogP contribution in [0.25, 0.3) is 0 Å². The van der Waals surface area contributed by atoms with Gasteiger partial charge in [0.15, 0.2) is 0 Å². The predicted molar refractivity (Wildman–Crippen MR) is 137 cm³/mol. The SMILES string of the molecule is CCCCOc1ccc(/C=N\NC(=O)CN(c2ccc([N+](=O)[O-])cc2)S(=O)(=O)c2ccccc2)cc1. The minimum atomic E-state index is -4.14. The highest BCUT2D eigenvalue weighted by atomic mass is 32.2. The number of carbonyl (C=O) groups is 1.